The number of anilines is 1. The van der Waals surface area contributed by atoms with Crippen LogP contribution in [0.4, 0.5) is 10.5 Å². The Hall–Kier alpha value is -2.35. The highest BCUT2D eigenvalue weighted by molar-refractivity contribution is 6.30. The molecule has 0 spiro atoms. The Morgan fingerprint density at radius 1 is 1.30 bits per heavy atom. The third-order valence-corrected chi connectivity index (χ3v) is 4.78. The number of alkyl carbamates (subject to hydrolysis) is 1. The molecule has 0 saturated carbocycles. The van der Waals surface area contributed by atoms with E-state index in [1.807, 2.05) is 39.0 Å². The van der Waals surface area contributed by atoms with E-state index in [9.17, 15) is 4.79 Å². The first kappa shape index (κ1) is 23.9. The van der Waals surface area contributed by atoms with E-state index in [0.29, 0.717) is 18.1 Å². The lowest BCUT2D eigenvalue weighted by Gasteiger charge is -2.22. The van der Waals surface area contributed by atoms with Crippen LogP contribution in [0.15, 0.2) is 23.2 Å². The van der Waals surface area contributed by atoms with Gasteiger partial charge in [0, 0.05) is 44.3 Å². The van der Waals surface area contributed by atoms with Crippen LogP contribution >= 0.6 is 11.6 Å². The summed E-state index contributed by atoms with van der Waals surface area (Å²) in [6.45, 7) is 8.49. The summed E-state index contributed by atoms with van der Waals surface area (Å²) >= 11 is 6.17. The fourth-order valence-corrected chi connectivity index (χ4v) is 3.36. The maximum Gasteiger partial charge on any atom is 0.407 e. The number of carbonyl (C=O) groups excluding carboxylic acids is 1. The van der Waals surface area contributed by atoms with Gasteiger partial charge in [-0.25, -0.2) is 4.79 Å². The van der Waals surface area contributed by atoms with Gasteiger partial charge in [0.2, 0.25) is 0 Å². The van der Waals surface area contributed by atoms with Gasteiger partial charge in [-0.3, -0.25) is 4.99 Å². The number of amides is 1. The highest BCUT2D eigenvalue weighted by Gasteiger charge is 2.25. The molecule has 1 aromatic rings. The van der Waals surface area contributed by atoms with Gasteiger partial charge in [0.15, 0.2) is 5.96 Å². The lowest BCUT2D eigenvalue weighted by Crippen LogP contribution is -2.45. The van der Waals surface area contributed by atoms with E-state index < -0.39 is 11.7 Å². The van der Waals surface area contributed by atoms with Crippen molar-refractivity contribution in [2.45, 2.75) is 45.3 Å². The van der Waals surface area contributed by atoms with E-state index in [4.69, 9.17) is 21.1 Å². The zero-order valence-corrected chi connectivity index (χ0v) is 19.3. The molecule has 1 atom stereocenters. The molecule has 1 fully saturated rings. The van der Waals surface area contributed by atoms with Crippen LogP contribution in [0.1, 0.15) is 33.6 Å². The molecule has 8 nitrogen and oxygen atoms in total. The number of hydrogen-bond acceptors (Lipinski definition) is 5. The molecular weight excluding hydrogens is 406 g/mol. The average Bonchev–Trinajstić information content (AvgIpc) is 3.13. The van der Waals surface area contributed by atoms with Crippen LogP contribution in [-0.4, -0.2) is 64.0 Å². The predicted octanol–water partition coefficient (Wildman–Crippen LogP) is 3.01. The zero-order chi connectivity index (χ0) is 22.1. The number of ether oxygens (including phenoxy) is 2. The maximum atomic E-state index is 11.6. The summed E-state index contributed by atoms with van der Waals surface area (Å²) in [7, 11) is 3.42. The molecule has 1 aliphatic rings. The summed E-state index contributed by atoms with van der Waals surface area (Å²) in [6.07, 6.45) is 1.35. The van der Waals surface area contributed by atoms with Gasteiger partial charge in [-0.15, -0.1) is 0 Å². The van der Waals surface area contributed by atoms with Crippen molar-refractivity contribution in [1.82, 2.24) is 16.0 Å². The molecule has 0 aromatic heterocycles. The highest BCUT2D eigenvalue weighted by atomic mass is 35.5. The van der Waals surface area contributed by atoms with Crippen molar-refractivity contribution < 1.29 is 14.3 Å². The SMILES string of the molecule is CN=C(NCCCNC(=O)OC(C)(C)C)NC1CCN(c2cc(Cl)ccc2OC)C1. The molecular formula is C21H34ClN5O3. The highest BCUT2D eigenvalue weighted by Crippen LogP contribution is 2.33. The fraction of sp³-hybridized carbons (Fsp3) is 0.619. The molecule has 3 N–H and O–H groups in total. The Bertz CT molecular complexity index is 736. The number of nitrogens with one attached hydrogen (secondary N) is 3. The number of guanidine groups is 1. The van der Waals surface area contributed by atoms with Crippen LogP contribution < -0.4 is 25.6 Å². The van der Waals surface area contributed by atoms with E-state index in [-0.39, 0.29) is 6.04 Å². The van der Waals surface area contributed by atoms with Crippen molar-refractivity contribution in [2.24, 2.45) is 4.99 Å². The number of carbonyl (C=O) groups is 1. The summed E-state index contributed by atoms with van der Waals surface area (Å²) < 4.78 is 10.7. The minimum atomic E-state index is -0.488. The van der Waals surface area contributed by atoms with E-state index >= 15 is 0 Å². The molecule has 0 aliphatic carbocycles. The van der Waals surface area contributed by atoms with Crippen LogP contribution in [0.3, 0.4) is 0 Å². The topological polar surface area (TPSA) is 87.2 Å². The third-order valence-electron chi connectivity index (χ3n) is 4.55. The molecule has 2 rings (SSSR count). The lowest BCUT2D eigenvalue weighted by atomic mass is 10.2. The summed E-state index contributed by atoms with van der Waals surface area (Å²) in [4.78, 5) is 18.2. The predicted molar refractivity (Wildman–Crippen MR) is 122 cm³/mol. The number of hydrogen-bond donors (Lipinski definition) is 3. The quantitative estimate of drug-likeness (QED) is 0.344. The van der Waals surface area contributed by atoms with Crippen molar-refractivity contribution in [1.29, 1.82) is 0 Å². The molecule has 1 heterocycles. The molecule has 0 radical (unpaired) electrons. The van der Waals surface area contributed by atoms with Gasteiger partial charge < -0.3 is 30.3 Å². The summed E-state index contributed by atoms with van der Waals surface area (Å²) in [6, 6.07) is 5.93. The summed E-state index contributed by atoms with van der Waals surface area (Å²) in [5.74, 6) is 1.57. The number of rotatable bonds is 7. The summed E-state index contributed by atoms with van der Waals surface area (Å²) in [5.41, 5.74) is 0.518. The van der Waals surface area contributed by atoms with Crippen molar-refractivity contribution in [3.05, 3.63) is 23.2 Å². The minimum Gasteiger partial charge on any atom is -0.495 e. The van der Waals surface area contributed by atoms with E-state index in [1.54, 1.807) is 14.2 Å². The number of benzene rings is 1. The zero-order valence-electron chi connectivity index (χ0n) is 18.5. The average molecular weight is 440 g/mol. The Balaban J connectivity index is 1.73. The van der Waals surface area contributed by atoms with E-state index in [2.05, 4.69) is 25.8 Å². The first-order chi connectivity index (χ1) is 14.2. The first-order valence-corrected chi connectivity index (χ1v) is 10.6. The van der Waals surface area contributed by atoms with Gasteiger partial charge in [-0.05, 0) is 51.8 Å². The third kappa shape index (κ3) is 7.82. The molecule has 9 heteroatoms. The first-order valence-electron chi connectivity index (χ1n) is 10.2. The van der Waals surface area contributed by atoms with Gasteiger partial charge in [0.1, 0.15) is 11.4 Å². The van der Waals surface area contributed by atoms with E-state index in [0.717, 1.165) is 43.3 Å². The number of nitrogens with zero attached hydrogens (tertiary/aromatic N) is 2. The molecule has 1 aromatic carbocycles. The largest absolute Gasteiger partial charge is 0.495 e. The molecule has 168 valence electrons. The van der Waals surface area contributed by atoms with Crippen LogP contribution in [0.2, 0.25) is 5.02 Å². The Kier molecular flexibility index (Phi) is 8.89. The van der Waals surface area contributed by atoms with E-state index in [1.165, 1.54) is 0 Å². The van der Waals surface area contributed by atoms with Crippen molar-refractivity contribution in [2.75, 3.05) is 45.2 Å². The standard InChI is InChI=1S/C21H34ClN5O3/c1-21(2,3)30-20(28)25-11-6-10-24-19(23-4)26-16-9-12-27(14-16)17-13-15(22)7-8-18(17)29-5/h7-8,13,16H,6,9-12,14H2,1-5H3,(H,25,28)(H2,23,24,26). The van der Waals surface area contributed by atoms with Crippen LogP contribution in [-0.2, 0) is 4.74 Å². The van der Waals surface area contributed by atoms with Crippen LogP contribution in [0.5, 0.6) is 5.75 Å². The van der Waals surface area contributed by atoms with Crippen molar-refractivity contribution >= 4 is 29.3 Å². The summed E-state index contributed by atoms with van der Waals surface area (Å²) in [5, 5.41) is 10.2. The van der Waals surface area contributed by atoms with Crippen LogP contribution in [0, 0.1) is 0 Å². The maximum absolute atomic E-state index is 11.6. The van der Waals surface area contributed by atoms with Gasteiger partial charge in [-0.2, -0.15) is 0 Å². The number of halogens is 1. The van der Waals surface area contributed by atoms with Crippen molar-refractivity contribution in [3.8, 4) is 5.75 Å². The second-order valence-corrected chi connectivity index (χ2v) is 8.61. The Labute approximate surface area is 184 Å². The van der Waals surface area contributed by atoms with Gasteiger partial charge in [-0.1, -0.05) is 11.6 Å². The molecule has 0 bridgehead atoms. The monoisotopic (exact) mass is 439 g/mol. The number of methoxy groups -OCH3 is 1. The minimum absolute atomic E-state index is 0.264. The van der Waals surface area contributed by atoms with Gasteiger partial charge in [0.05, 0.1) is 12.8 Å². The smallest absolute Gasteiger partial charge is 0.407 e. The second-order valence-electron chi connectivity index (χ2n) is 8.17. The second kappa shape index (κ2) is 11.2. The fourth-order valence-electron chi connectivity index (χ4n) is 3.19. The molecule has 30 heavy (non-hydrogen) atoms. The van der Waals surface area contributed by atoms with Gasteiger partial charge >= 0.3 is 6.09 Å². The Morgan fingerprint density at radius 2 is 2.03 bits per heavy atom. The van der Waals surface area contributed by atoms with Crippen molar-refractivity contribution in [3.63, 3.8) is 0 Å². The molecule has 1 amide bonds. The molecule has 1 saturated heterocycles. The normalized spacial score (nSPS) is 16.9. The number of aliphatic imine (C=N–C) groups is 1. The molecule has 1 aliphatic heterocycles. The molecule has 1 unspecified atom stereocenters. The van der Waals surface area contributed by atoms with Crippen LogP contribution in [0.25, 0.3) is 0 Å². The Morgan fingerprint density at radius 3 is 2.70 bits per heavy atom. The lowest BCUT2D eigenvalue weighted by molar-refractivity contribution is 0.0527. The van der Waals surface area contributed by atoms with Gasteiger partial charge in [0.25, 0.3) is 0 Å².